The zero-order valence-electron chi connectivity index (χ0n) is 17.1. The van der Waals surface area contributed by atoms with E-state index in [1.807, 2.05) is 36.4 Å². The molecule has 0 radical (unpaired) electrons. The zero-order chi connectivity index (χ0) is 19.8. The number of aryl methyl sites for hydroxylation is 1. The first kappa shape index (κ1) is 13.4. The summed E-state index contributed by atoms with van der Waals surface area (Å²) in [5, 5.41) is 0. The molecular weight excluding hydrogens is 358 g/mol. The molecule has 0 unspecified atom stereocenters. The number of pyridine rings is 1. The SMILES string of the molecule is [2H]C([2H])([2H])c1cc(-c2ccc(-c3ccccc3)cc2F)nc[c]1[Ge]([CH3])([CH3])[CH3]. The first-order valence-corrected chi connectivity index (χ1v) is 15.3. The first-order chi connectivity index (χ1) is 12.6. The van der Waals surface area contributed by atoms with E-state index in [2.05, 4.69) is 22.3 Å². The Labute approximate surface area is 150 Å². The molecule has 0 atom stereocenters. The molecule has 3 heteroatoms. The third kappa shape index (κ3) is 3.44. The maximum atomic E-state index is 14.8. The van der Waals surface area contributed by atoms with Gasteiger partial charge in [0.15, 0.2) is 0 Å². The van der Waals surface area contributed by atoms with E-state index in [9.17, 15) is 4.39 Å². The van der Waals surface area contributed by atoms with Gasteiger partial charge in [-0.15, -0.1) is 0 Å². The zero-order valence-corrected chi connectivity index (χ0v) is 16.2. The van der Waals surface area contributed by atoms with E-state index < -0.39 is 25.9 Å². The molecule has 2 aromatic carbocycles. The van der Waals surface area contributed by atoms with Crippen LogP contribution in [0.25, 0.3) is 22.4 Å². The normalized spacial score (nSPS) is 13.9. The van der Waals surface area contributed by atoms with Crippen LogP contribution in [0.15, 0.2) is 60.8 Å². The van der Waals surface area contributed by atoms with E-state index >= 15 is 0 Å². The van der Waals surface area contributed by atoms with Crippen LogP contribution in [0.3, 0.4) is 0 Å². The minimum atomic E-state index is -2.43. The molecule has 0 aliphatic carbocycles. The Hall–Kier alpha value is -1.94. The van der Waals surface area contributed by atoms with Crippen molar-refractivity contribution in [2.75, 3.05) is 0 Å². The van der Waals surface area contributed by atoms with Gasteiger partial charge in [-0.25, -0.2) is 0 Å². The van der Waals surface area contributed by atoms with Crippen molar-refractivity contribution in [2.45, 2.75) is 24.1 Å². The van der Waals surface area contributed by atoms with E-state index in [0.29, 0.717) is 16.8 Å². The second-order valence-corrected chi connectivity index (χ2v) is 17.5. The van der Waals surface area contributed by atoms with Gasteiger partial charge >= 0.3 is 150 Å². The second kappa shape index (κ2) is 6.52. The third-order valence-electron chi connectivity index (χ3n) is 4.06. The summed E-state index contributed by atoms with van der Waals surface area (Å²) in [5.74, 6) is 5.97. The predicted octanol–water partition coefficient (Wildman–Crippen LogP) is 5.41. The Bertz CT molecular complexity index is 963. The summed E-state index contributed by atoms with van der Waals surface area (Å²) in [4.78, 5) is 4.41. The molecule has 0 aliphatic heterocycles. The van der Waals surface area contributed by atoms with Gasteiger partial charge in [0, 0.05) is 0 Å². The Morgan fingerprint density at radius 2 is 1.71 bits per heavy atom. The molecule has 0 N–H and O–H groups in total. The van der Waals surface area contributed by atoms with Crippen molar-refractivity contribution < 1.29 is 8.50 Å². The van der Waals surface area contributed by atoms with Crippen molar-refractivity contribution in [1.29, 1.82) is 0 Å². The van der Waals surface area contributed by atoms with E-state index in [1.54, 1.807) is 18.3 Å². The fourth-order valence-corrected chi connectivity index (χ4v) is 5.53. The summed E-state index contributed by atoms with van der Waals surface area (Å²) in [5.41, 5.74) is 2.66. The molecule has 3 aromatic rings. The summed E-state index contributed by atoms with van der Waals surface area (Å²) < 4.78 is 39.3. The van der Waals surface area contributed by atoms with Gasteiger partial charge in [0.2, 0.25) is 0 Å². The monoisotopic (exact) mass is 384 g/mol. The van der Waals surface area contributed by atoms with E-state index in [4.69, 9.17) is 4.11 Å². The summed E-state index contributed by atoms with van der Waals surface area (Å²) in [6.07, 6.45) is 1.64. The molecule has 0 fully saturated rings. The van der Waals surface area contributed by atoms with Crippen LogP contribution in [0.5, 0.6) is 0 Å². The number of halogens is 1. The molecule has 1 aromatic heterocycles. The number of hydrogen-bond donors (Lipinski definition) is 0. The van der Waals surface area contributed by atoms with Crippen LogP contribution < -0.4 is 4.40 Å². The van der Waals surface area contributed by atoms with Crippen LogP contribution in [0.1, 0.15) is 9.68 Å². The van der Waals surface area contributed by atoms with Gasteiger partial charge in [-0.3, -0.25) is 0 Å². The van der Waals surface area contributed by atoms with Crippen LogP contribution in [-0.4, -0.2) is 18.3 Å². The summed E-state index contributed by atoms with van der Waals surface area (Å²) >= 11 is -2.43. The molecule has 0 saturated carbocycles. The van der Waals surface area contributed by atoms with Gasteiger partial charge in [0.1, 0.15) is 0 Å². The van der Waals surface area contributed by atoms with Gasteiger partial charge in [-0.05, 0) is 0 Å². The average molecular weight is 383 g/mol. The Morgan fingerprint density at radius 3 is 2.33 bits per heavy atom. The molecule has 1 nitrogen and oxygen atoms in total. The van der Waals surface area contributed by atoms with Crippen LogP contribution in [0.2, 0.25) is 17.3 Å². The Balaban J connectivity index is 2.09. The maximum absolute atomic E-state index is 14.8. The van der Waals surface area contributed by atoms with Crippen molar-refractivity contribution >= 4 is 17.7 Å². The molecule has 24 heavy (non-hydrogen) atoms. The van der Waals surface area contributed by atoms with Gasteiger partial charge in [0.05, 0.1) is 0 Å². The summed E-state index contributed by atoms with van der Waals surface area (Å²) in [6, 6.07) is 16.1. The van der Waals surface area contributed by atoms with Crippen LogP contribution in [-0.2, 0) is 0 Å². The summed E-state index contributed by atoms with van der Waals surface area (Å²) in [6.45, 7) is -2.24. The predicted molar refractivity (Wildman–Crippen MR) is 103 cm³/mol. The molecule has 122 valence electrons. The fourth-order valence-electron chi connectivity index (χ4n) is 2.73. The van der Waals surface area contributed by atoms with Crippen molar-refractivity contribution in [3.05, 3.63) is 72.2 Å². The molecular formula is C21H22FGeN. The van der Waals surface area contributed by atoms with Crippen LogP contribution >= 0.6 is 0 Å². The summed E-state index contributed by atoms with van der Waals surface area (Å²) in [7, 11) is 0. The molecule has 3 rings (SSSR count). The number of benzene rings is 2. The van der Waals surface area contributed by atoms with Gasteiger partial charge in [-0.2, -0.15) is 0 Å². The molecule has 1 heterocycles. The number of hydrogen-bond acceptors (Lipinski definition) is 1. The topological polar surface area (TPSA) is 12.9 Å². The van der Waals surface area contributed by atoms with Crippen molar-refractivity contribution in [3.8, 4) is 22.4 Å². The molecule has 0 bridgehead atoms. The molecule has 0 saturated heterocycles. The van der Waals surface area contributed by atoms with Crippen LogP contribution in [0, 0.1) is 12.7 Å². The van der Waals surface area contributed by atoms with Gasteiger partial charge in [-0.1, -0.05) is 0 Å². The number of nitrogens with zero attached hydrogens (tertiary/aromatic N) is 1. The average Bonchev–Trinajstić information content (AvgIpc) is 2.60. The first-order valence-electron chi connectivity index (χ1n) is 9.44. The molecule has 0 spiro atoms. The minimum absolute atomic E-state index is 0.298. The molecule has 0 amide bonds. The third-order valence-corrected chi connectivity index (χ3v) is 8.29. The van der Waals surface area contributed by atoms with E-state index in [1.165, 1.54) is 6.07 Å². The van der Waals surface area contributed by atoms with Crippen LogP contribution in [0.4, 0.5) is 4.39 Å². The second-order valence-electron chi connectivity index (χ2n) is 6.93. The fraction of sp³-hybridized carbons (Fsp3) is 0.190. The quantitative estimate of drug-likeness (QED) is 0.552. The number of rotatable bonds is 3. The van der Waals surface area contributed by atoms with Crippen molar-refractivity contribution in [1.82, 2.24) is 4.98 Å². The van der Waals surface area contributed by atoms with E-state index in [-0.39, 0.29) is 0 Å². The van der Waals surface area contributed by atoms with Crippen molar-refractivity contribution in [2.24, 2.45) is 0 Å². The Kier molecular flexibility index (Phi) is 3.63. The van der Waals surface area contributed by atoms with Crippen molar-refractivity contribution in [3.63, 3.8) is 0 Å². The molecule has 0 aliphatic rings. The van der Waals surface area contributed by atoms with E-state index in [0.717, 1.165) is 15.5 Å². The number of aromatic nitrogens is 1. The van der Waals surface area contributed by atoms with Gasteiger partial charge in [0.25, 0.3) is 0 Å². The van der Waals surface area contributed by atoms with Gasteiger partial charge < -0.3 is 0 Å². The standard InChI is InChI=1S/C21H22FGeN/c1-15-12-21(24-14-20(15)23(2,3)4)18-11-10-17(13-19(18)22)16-8-6-5-7-9-16/h5-14H,1-4H3/i1D3. The Morgan fingerprint density at radius 1 is 0.958 bits per heavy atom.